The summed E-state index contributed by atoms with van der Waals surface area (Å²) in [7, 11) is 0. The van der Waals surface area contributed by atoms with Crippen LogP contribution in [0, 0.1) is 11.6 Å². The molecule has 7 nitrogen and oxygen atoms in total. The van der Waals surface area contributed by atoms with Gasteiger partial charge in [0.05, 0.1) is 24.6 Å². The molecule has 1 saturated heterocycles. The fraction of sp³-hybridized carbons (Fsp3) is 0.308. The molecule has 0 aliphatic carbocycles. The number of benzene rings is 2. The number of hydrogen-bond acceptors (Lipinski definition) is 4. The van der Waals surface area contributed by atoms with Gasteiger partial charge >= 0.3 is 6.03 Å². The molecule has 0 bridgehead atoms. The summed E-state index contributed by atoms with van der Waals surface area (Å²) in [5.41, 5.74) is 0.758. The molecule has 3 amide bonds. The Labute approximate surface area is 202 Å². The summed E-state index contributed by atoms with van der Waals surface area (Å²) < 4.78 is 38.6. The average Bonchev–Trinajstić information content (AvgIpc) is 3.55. The zero-order valence-corrected chi connectivity index (χ0v) is 19.2. The number of nitrogens with zero attached hydrogens (tertiary/aromatic N) is 2. The van der Waals surface area contributed by atoms with Crippen LogP contribution < -0.4 is 5.32 Å². The van der Waals surface area contributed by atoms with Crippen molar-refractivity contribution in [3.63, 3.8) is 0 Å². The van der Waals surface area contributed by atoms with Crippen molar-refractivity contribution < 1.29 is 27.5 Å². The maximum atomic E-state index is 14.1. The number of urea groups is 1. The smallest absolute Gasteiger partial charge is 0.322 e. The fourth-order valence-corrected chi connectivity index (χ4v) is 3.91. The van der Waals surface area contributed by atoms with Gasteiger partial charge in [0, 0.05) is 19.7 Å². The molecule has 1 atom stereocenters. The van der Waals surface area contributed by atoms with Crippen molar-refractivity contribution in [1.82, 2.24) is 9.80 Å². The standard InChI is InChI=1S/C26H27F2N3O4/c27-20-11-9-19(10-12-20)15-30(16-21-5-3-13-34-21)25(32)18-31(17-22-6-4-14-35-22)26(33)29-24-8-2-1-7-23(24)28/h1-3,5,7-13,22H,4,6,14-18H2,(H,29,33). The van der Waals surface area contributed by atoms with E-state index >= 15 is 0 Å². The molecule has 1 aromatic heterocycles. The molecule has 1 aliphatic rings. The van der Waals surface area contributed by atoms with Gasteiger partial charge in [-0.1, -0.05) is 24.3 Å². The van der Waals surface area contributed by atoms with Gasteiger partial charge in [0.1, 0.15) is 23.9 Å². The molecule has 0 radical (unpaired) electrons. The molecule has 1 N–H and O–H groups in total. The first-order chi connectivity index (χ1) is 17.0. The number of carbonyl (C=O) groups excluding carboxylic acids is 2. The molecule has 2 heterocycles. The third kappa shape index (κ3) is 6.89. The number of rotatable bonds is 9. The quantitative estimate of drug-likeness (QED) is 0.475. The van der Waals surface area contributed by atoms with Crippen molar-refractivity contribution in [2.75, 3.05) is 25.0 Å². The highest BCUT2D eigenvalue weighted by molar-refractivity contribution is 5.92. The van der Waals surface area contributed by atoms with Crippen molar-refractivity contribution in [3.05, 3.63) is 89.9 Å². The summed E-state index contributed by atoms with van der Waals surface area (Å²) in [6.45, 7) is 0.907. The topological polar surface area (TPSA) is 75.0 Å². The van der Waals surface area contributed by atoms with E-state index in [1.165, 1.54) is 46.4 Å². The average molecular weight is 484 g/mol. The molecular formula is C26H27F2N3O4. The maximum absolute atomic E-state index is 14.1. The van der Waals surface area contributed by atoms with E-state index in [2.05, 4.69) is 5.32 Å². The number of furan rings is 1. The van der Waals surface area contributed by atoms with Crippen LogP contribution in [-0.2, 0) is 22.6 Å². The monoisotopic (exact) mass is 483 g/mol. The molecule has 2 aromatic carbocycles. The van der Waals surface area contributed by atoms with Gasteiger partial charge in [0.15, 0.2) is 0 Å². The first-order valence-corrected chi connectivity index (χ1v) is 11.4. The minimum Gasteiger partial charge on any atom is -0.467 e. The maximum Gasteiger partial charge on any atom is 0.322 e. The molecule has 3 aromatic rings. The lowest BCUT2D eigenvalue weighted by Gasteiger charge is -2.29. The van der Waals surface area contributed by atoms with Crippen LogP contribution in [0.3, 0.4) is 0 Å². The Kier molecular flexibility index (Phi) is 8.10. The van der Waals surface area contributed by atoms with Gasteiger partial charge in [0.2, 0.25) is 5.91 Å². The molecule has 1 aliphatic heterocycles. The Balaban J connectivity index is 1.51. The predicted molar refractivity (Wildman–Crippen MR) is 125 cm³/mol. The zero-order chi connectivity index (χ0) is 24.6. The summed E-state index contributed by atoms with van der Waals surface area (Å²) >= 11 is 0. The number of halogens is 2. The summed E-state index contributed by atoms with van der Waals surface area (Å²) in [5.74, 6) is -0.709. The van der Waals surface area contributed by atoms with Gasteiger partial charge < -0.3 is 24.3 Å². The summed E-state index contributed by atoms with van der Waals surface area (Å²) in [6, 6.07) is 14.6. The number of hydrogen-bond donors (Lipinski definition) is 1. The van der Waals surface area contributed by atoms with Crippen LogP contribution in [0.15, 0.2) is 71.3 Å². The molecular weight excluding hydrogens is 456 g/mol. The SMILES string of the molecule is O=C(CN(CC1CCCO1)C(=O)Nc1ccccc1F)N(Cc1ccc(F)cc1)Cc1ccco1. The minimum atomic E-state index is -0.598. The van der Waals surface area contributed by atoms with Gasteiger partial charge in [-0.25, -0.2) is 13.6 Å². The van der Waals surface area contributed by atoms with Crippen LogP contribution in [-0.4, -0.2) is 47.5 Å². The lowest BCUT2D eigenvalue weighted by molar-refractivity contribution is -0.133. The highest BCUT2D eigenvalue weighted by Crippen LogP contribution is 2.18. The number of anilines is 1. The summed E-state index contributed by atoms with van der Waals surface area (Å²) in [6.07, 6.45) is 2.95. The Bertz CT molecular complexity index is 1120. The summed E-state index contributed by atoms with van der Waals surface area (Å²) in [5, 5.41) is 2.56. The van der Waals surface area contributed by atoms with Crippen LogP contribution in [0.5, 0.6) is 0 Å². The number of para-hydroxylation sites is 1. The third-order valence-corrected chi connectivity index (χ3v) is 5.74. The number of carbonyl (C=O) groups is 2. The number of nitrogens with one attached hydrogen (secondary N) is 1. The largest absolute Gasteiger partial charge is 0.467 e. The van der Waals surface area contributed by atoms with Crippen LogP contribution in [0.25, 0.3) is 0 Å². The highest BCUT2D eigenvalue weighted by atomic mass is 19.1. The van der Waals surface area contributed by atoms with Crippen LogP contribution in [0.1, 0.15) is 24.2 Å². The van der Waals surface area contributed by atoms with Gasteiger partial charge in [-0.3, -0.25) is 4.79 Å². The Morgan fingerprint density at radius 2 is 1.77 bits per heavy atom. The molecule has 1 unspecified atom stereocenters. The Morgan fingerprint density at radius 3 is 2.46 bits per heavy atom. The first-order valence-electron chi connectivity index (χ1n) is 11.4. The van der Waals surface area contributed by atoms with Gasteiger partial charge in [-0.15, -0.1) is 0 Å². The lowest BCUT2D eigenvalue weighted by atomic mass is 10.2. The van der Waals surface area contributed by atoms with Gasteiger partial charge in [-0.2, -0.15) is 0 Å². The van der Waals surface area contributed by atoms with E-state index in [-0.39, 0.29) is 49.7 Å². The van der Waals surface area contributed by atoms with E-state index in [9.17, 15) is 18.4 Å². The molecule has 35 heavy (non-hydrogen) atoms. The highest BCUT2D eigenvalue weighted by Gasteiger charge is 2.27. The second-order valence-electron chi connectivity index (χ2n) is 8.38. The third-order valence-electron chi connectivity index (χ3n) is 5.74. The van der Waals surface area contributed by atoms with Crippen molar-refractivity contribution >= 4 is 17.6 Å². The molecule has 1 fully saturated rings. The van der Waals surface area contributed by atoms with Crippen molar-refractivity contribution in [2.45, 2.75) is 32.0 Å². The Morgan fingerprint density at radius 1 is 0.971 bits per heavy atom. The van der Waals surface area contributed by atoms with E-state index in [4.69, 9.17) is 9.15 Å². The Hall–Kier alpha value is -3.72. The van der Waals surface area contributed by atoms with E-state index in [1.54, 1.807) is 30.3 Å². The van der Waals surface area contributed by atoms with Gasteiger partial charge in [0.25, 0.3) is 0 Å². The van der Waals surface area contributed by atoms with E-state index in [1.807, 2.05) is 0 Å². The van der Waals surface area contributed by atoms with Crippen molar-refractivity contribution in [1.29, 1.82) is 0 Å². The van der Waals surface area contributed by atoms with Crippen molar-refractivity contribution in [2.24, 2.45) is 0 Å². The van der Waals surface area contributed by atoms with E-state index < -0.39 is 11.8 Å². The van der Waals surface area contributed by atoms with Crippen LogP contribution >= 0.6 is 0 Å². The summed E-state index contributed by atoms with van der Waals surface area (Å²) in [4.78, 5) is 29.4. The second-order valence-corrected chi connectivity index (χ2v) is 8.38. The predicted octanol–water partition coefficient (Wildman–Crippen LogP) is 4.80. The zero-order valence-electron chi connectivity index (χ0n) is 19.2. The van der Waals surface area contributed by atoms with Gasteiger partial charge in [-0.05, 0) is 54.8 Å². The lowest BCUT2D eigenvalue weighted by Crippen LogP contribution is -2.47. The molecule has 0 saturated carbocycles. The molecule has 4 rings (SSSR count). The first kappa shape index (κ1) is 24.4. The normalized spacial score (nSPS) is 15.1. The van der Waals surface area contributed by atoms with Crippen molar-refractivity contribution in [3.8, 4) is 0 Å². The molecule has 9 heteroatoms. The van der Waals surface area contributed by atoms with Crippen LogP contribution in [0.4, 0.5) is 19.3 Å². The van der Waals surface area contributed by atoms with E-state index in [0.717, 1.165) is 18.4 Å². The minimum absolute atomic E-state index is 0.0287. The number of amides is 3. The fourth-order valence-electron chi connectivity index (χ4n) is 3.91. The second kappa shape index (κ2) is 11.6. The molecule has 184 valence electrons. The molecule has 0 spiro atoms. The van der Waals surface area contributed by atoms with Crippen LogP contribution in [0.2, 0.25) is 0 Å². The number of ether oxygens (including phenoxy) is 1. The van der Waals surface area contributed by atoms with E-state index in [0.29, 0.717) is 12.4 Å².